The maximum absolute atomic E-state index is 12.5. The van der Waals surface area contributed by atoms with Crippen LogP contribution >= 0.6 is 0 Å². The van der Waals surface area contributed by atoms with Crippen LogP contribution in [-0.2, 0) is 11.6 Å². The van der Waals surface area contributed by atoms with Crippen LogP contribution in [0.5, 0.6) is 0 Å². The first-order chi connectivity index (χ1) is 7.92. The summed E-state index contributed by atoms with van der Waals surface area (Å²) in [5, 5.41) is 0. The molecule has 3 heteroatoms. The fourth-order valence-electron chi connectivity index (χ4n) is 2.68. The lowest BCUT2D eigenvalue weighted by Gasteiger charge is -2.34. The third-order valence-electron chi connectivity index (χ3n) is 3.87. The van der Waals surface area contributed by atoms with E-state index >= 15 is 0 Å². The molecule has 0 amide bonds. The molecule has 0 heterocycles. The van der Waals surface area contributed by atoms with Gasteiger partial charge in [-0.1, -0.05) is 38.3 Å². The minimum atomic E-state index is -4.23. The van der Waals surface area contributed by atoms with Crippen molar-refractivity contribution in [3.63, 3.8) is 0 Å². The fraction of sp³-hybridized carbons (Fsp3) is 0.571. The Morgan fingerprint density at radius 2 is 1.47 bits per heavy atom. The summed E-state index contributed by atoms with van der Waals surface area (Å²) < 4.78 is 37.4. The second-order valence-electron chi connectivity index (χ2n) is 5.20. The zero-order valence-electron chi connectivity index (χ0n) is 9.98. The first kappa shape index (κ1) is 12.5. The van der Waals surface area contributed by atoms with E-state index in [1.807, 2.05) is 0 Å². The molecule has 1 aliphatic rings. The first-order valence-electron chi connectivity index (χ1n) is 6.10. The van der Waals surface area contributed by atoms with Gasteiger partial charge in [0.2, 0.25) is 0 Å². The zero-order chi connectivity index (χ0) is 12.5. The third kappa shape index (κ3) is 2.64. The van der Waals surface area contributed by atoms with E-state index in [4.69, 9.17) is 0 Å². The molecular formula is C14H17F3. The lowest BCUT2D eigenvalue weighted by molar-refractivity contribution is -0.137. The van der Waals surface area contributed by atoms with Crippen molar-refractivity contribution < 1.29 is 13.2 Å². The number of hydrogen-bond acceptors (Lipinski definition) is 0. The minimum absolute atomic E-state index is 0.0718. The van der Waals surface area contributed by atoms with E-state index in [2.05, 4.69) is 6.92 Å². The normalized spacial score (nSPS) is 20.2. The molecule has 0 spiro atoms. The maximum Gasteiger partial charge on any atom is 0.416 e. The molecule has 0 unspecified atom stereocenters. The summed E-state index contributed by atoms with van der Waals surface area (Å²) in [5.74, 6) is 0. The topological polar surface area (TPSA) is 0 Å². The molecule has 17 heavy (non-hydrogen) atoms. The van der Waals surface area contributed by atoms with Crippen LogP contribution in [0.2, 0.25) is 0 Å². The van der Waals surface area contributed by atoms with Gasteiger partial charge in [-0.15, -0.1) is 0 Å². The molecule has 1 saturated carbocycles. The number of rotatable bonds is 1. The average Bonchev–Trinajstić information content (AvgIpc) is 2.29. The van der Waals surface area contributed by atoms with Crippen LogP contribution in [0.25, 0.3) is 0 Å². The monoisotopic (exact) mass is 242 g/mol. The van der Waals surface area contributed by atoms with Gasteiger partial charge in [-0.2, -0.15) is 13.2 Å². The second-order valence-corrected chi connectivity index (χ2v) is 5.20. The molecule has 0 aliphatic heterocycles. The molecule has 2 rings (SSSR count). The SMILES string of the molecule is CC1(c2ccc(C(F)(F)F)cc2)CCCCC1. The Balaban J connectivity index is 2.23. The molecule has 0 nitrogen and oxygen atoms in total. The summed E-state index contributed by atoms with van der Waals surface area (Å²) in [6.45, 7) is 2.16. The summed E-state index contributed by atoms with van der Waals surface area (Å²) in [6.07, 6.45) is 1.54. The van der Waals surface area contributed by atoms with Gasteiger partial charge >= 0.3 is 6.18 Å². The number of halogens is 3. The number of hydrogen-bond donors (Lipinski definition) is 0. The van der Waals surface area contributed by atoms with Crippen molar-refractivity contribution >= 4 is 0 Å². The number of benzene rings is 1. The summed E-state index contributed by atoms with van der Waals surface area (Å²) in [4.78, 5) is 0. The lowest BCUT2D eigenvalue weighted by atomic mass is 9.71. The molecule has 0 aromatic heterocycles. The average molecular weight is 242 g/mol. The highest BCUT2D eigenvalue weighted by molar-refractivity contribution is 5.30. The van der Waals surface area contributed by atoms with E-state index < -0.39 is 11.7 Å². The predicted octanol–water partition coefficient (Wildman–Crippen LogP) is 4.93. The third-order valence-corrected chi connectivity index (χ3v) is 3.87. The summed E-state index contributed by atoms with van der Waals surface area (Å²) in [7, 11) is 0. The van der Waals surface area contributed by atoms with Gasteiger partial charge in [0.1, 0.15) is 0 Å². The van der Waals surface area contributed by atoms with E-state index in [9.17, 15) is 13.2 Å². The first-order valence-corrected chi connectivity index (χ1v) is 6.10. The standard InChI is InChI=1S/C14H17F3/c1-13(9-3-2-4-10-13)11-5-7-12(8-6-11)14(15,16)17/h5-8H,2-4,9-10H2,1H3. The summed E-state index contributed by atoms with van der Waals surface area (Å²) in [6, 6.07) is 5.70. The van der Waals surface area contributed by atoms with Crippen molar-refractivity contribution in [2.45, 2.75) is 50.6 Å². The van der Waals surface area contributed by atoms with Crippen molar-refractivity contribution in [1.82, 2.24) is 0 Å². The van der Waals surface area contributed by atoms with E-state index in [0.717, 1.165) is 18.4 Å². The van der Waals surface area contributed by atoms with E-state index in [1.54, 1.807) is 12.1 Å². The van der Waals surface area contributed by atoms with Crippen molar-refractivity contribution in [2.24, 2.45) is 0 Å². The highest BCUT2D eigenvalue weighted by Gasteiger charge is 2.32. The highest BCUT2D eigenvalue weighted by Crippen LogP contribution is 2.39. The Kier molecular flexibility index (Phi) is 3.19. The van der Waals surface area contributed by atoms with Crippen LogP contribution in [0.4, 0.5) is 13.2 Å². The van der Waals surface area contributed by atoms with Gasteiger partial charge in [0.05, 0.1) is 5.56 Å². The van der Waals surface area contributed by atoms with Crippen molar-refractivity contribution in [2.75, 3.05) is 0 Å². The smallest absolute Gasteiger partial charge is 0.166 e. The molecule has 94 valence electrons. The van der Waals surface area contributed by atoms with Gasteiger partial charge in [0.15, 0.2) is 0 Å². The van der Waals surface area contributed by atoms with E-state index in [0.29, 0.717) is 0 Å². The van der Waals surface area contributed by atoms with Crippen molar-refractivity contribution in [3.05, 3.63) is 35.4 Å². The molecule has 0 radical (unpaired) electrons. The summed E-state index contributed by atoms with van der Waals surface area (Å²) >= 11 is 0. The number of alkyl halides is 3. The highest BCUT2D eigenvalue weighted by atomic mass is 19.4. The molecular weight excluding hydrogens is 225 g/mol. The maximum atomic E-state index is 12.5. The molecule has 1 aromatic carbocycles. The fourth-order valence-corrected chi connectivity index (χ4v) is 2.68. The second kappa shape index (κ2) is 4.35. The van der Waals surface area contributed by atoms with Crippen molar-refractivity contribution in [3.8, 4) is 0 Å². The van der Waals surface area contributed by atoms with Crippen LogP contribution in [0.15, 0.2) is 24.3 Å². The Labute approximate surface area is 99.8 Å². The lowest BCUT2D eigenvalue weighted by Crippen LogP contribution is -2.25. The van der Waals surface area contributed by atoms with E-state index in [1.165, 1.54) is 31.4 Å². The predicted molar refractivity (Wildman–Crippen MR) is 61.9 cm³/mol. The Morgan fingerprint density at radius 3 is 1.94 bits per heavy atom. The van der Waals surface area contributed by atoms with Crippen LogP contribution < -0.4 is 0 Å². The minimum Gasteiger partial charge on any atom is -0.166 e. The van der Waals surface area contributed by atoms with Gasteiger partial charge < -0.3 is 0 Å². The Morgan fingerprint density at radius 1 is 0.941 bits per heavy atom. The van der Waals surface area contributed by atoms with Gasteiger partial charge in [0, 0.05) is 0 Å². The van der Waals surface area contributed by atoms with Crippen LogP contribution in [0, 0.1) is 0 Å². The molecule has 0 saturated heterocycles. The van der Waals surface area contributed by atoms with Crippen LogP contribution in [0.1, 0.15) is 50.2 Å². The molecule has 0 bridgehead atoms. The largest absolute Gasteiger partial charge is 0.416 e. The van der Waals surface area contributed by atoms with Gasteiger partial charge in [-0.25, -0.2) is 0 Å². The Hall–Kier alpha value is -0.990. The van der Waals surface area contributed by atoms with Crippen molar-refractivity contribution in [1.29, 1.82) is 0 Å². The quantitative estimate of drug-likeness (QED) is 0.655. The molecule has 0 N–H and O–H groups in total. The zero-order valence-corrected chi connectivity index (χ0v) is 9.98. The molecule has 1 aliphatic carbocycles. The molecule has 1 fully saturated rings. The Bertz CT molecular complexity index is 369. The van der Waals surface area contributed by atoms with Crippen LogP contribution in [-0.4, -0.2) is 0 Å². The molecule has 1 aromatic rings. The van der Waals surface area contributed by atoms with Gasteiger partial charge in [-0.3, -0.25) is 0 Å². The van der Waals surface area contributed by atoms with Gasteiger partial charge in [0.25, 0.3) is 0 Å². The molecule has 0 atom stereocenters. The summed E-state index contributed by atoms with van der Waals surface area (Å²) in [5.41, 5.74) is 0.563. The van der Waals surface area contributed by atoms with E-state index in [-0.39, 0.29) is 5.41 Å². The van der Waals surface area contributed by atoms with Gasteiger partial charge in [-0.05, 0) is 36.0 Å². The van der Waals surface area contributed by atoms with Crippen LogP contribution in [0.3, 0.4) is 0 Å².